The molecular weight excluding hydrogens is 242 g/mol. The Kier molecular flexibility index (Phi) is 5.30. The summed E-state index contributed by atoms with van der Waals surface area (Å²) in [6, 6.07) is 3.47. The van der Waals surface area contributed by atoms with E-state index in [1.807, 2.05) is 21.0 Å². The number of anilines is 1. The standard InChI is InChI=1S/C14H23N3O2/c1-9(2)12(8-17(4)5)16-13-11(14(18)19)7-6-10(3)15-13/h6-7,9,12H,8H2,1-5H3,(H,15,16)(H,18,19). The lowest BCUT2D eigenvalue weighted by Gasteiger charge is -2.26. The van der Waals surface area contributed by atoms with E-state index in [1.165, 1.54) is 0 Å². The summed E-state index contributed by atoms with van der Waals surface area (Å²) in [7, 11) is 4.00. The molecule has 0 aromatic carbocycles. The van der Waals surface area contributed by atoms with Gasteiger partial charge in [-0.05, 0) is 39.1 Å². The van der Waals surface area contributed by atoms with E-state index in [0.29, 0.717) is 11.7 Å². The van der Waals surface area contributed by atoms with E-state index >= 15 is 0 Å². The largest absolute Gasteiger partial charge is 0.478 e. The normalized spacial score (nSPS) is 12.8. The van der Waals surface area contributed by atoms with Crippen LogP contribution in [0.4, 0.5) is 5.82 Å². The van der Waals surface area contributed by atoms with Gasteiger partial charge in [-0.1, -0.05) is 13.8 Å². The van der Waals surface area contributed by atoms with Crippen LogP contribution in [-0.2, 0) is 0 Å². The van der Waals surface area contributed by atoms with E-state index in [2.05, 4.69) is 29.0 Å². The van der Waals surface area contributed by atoms with Crippen molar-refractivity contribution in [3.05, 3.63) is 23.4 Å². The molecule has 19 heavy (non-hydrogen) atoms. The first-order valence-corrected chi connectivity index (χ1v) is 6.43. The van der Waals surface area contributed by atoms with Crippen LogP contribution < -0.4 is 5.32 Å². The second-order valence-electron chi connectivity index (χ2n) is 5.41. The molecule has 106 valence electrons. The Balaban J connectivity index is 3.01. The van der Waals surface area contributed by atoms with E-state index in [-0.39, 0.29) is 11.6 Å². The second kappa shape index (κ2) is 6.52. The summed E-state index contributed by atoms with van der Waals surface area (Å²) in [5.41, 5.74) is 1.02. The van der Waals surface area contributed by atoms with Crippen LogP contribution in [0, 0.1) is 12.8 Å². The highest BCUT2D eigenvalue weighted by molar-refractivity contribution is 5.93. The molecule has 0 saturated heterocycles. The van der Waals surface area contributed by atoms with Crippen LogP contribution in [0.3, 0.4) is 0 Å². The van der Waals surface area contributed by atoms with Gasteiger partial charge < -0.3 is 15.3 Å². The highest BCUT2D eigenvalue weighted by Gasteiger charge is 2.19. The first-order valence-electron chi connectivity index (χ1n) is 6.43. The van der Waals surface area contributed by atoms with Gasteiger partial charge in [-0.25, -0.2) is 9.78 Å². The van der Waals surface area contributed by atoms with Gasteiger partial charge in [0, 0.05) is 18.3 Å². The topological polar surface area (TPSA) is 65.5 Å². The molecule has 5 heteroatoms. The first-order chi connectivity index (χ1) is 8.81. The van der Waals surface area contributed by atoms with Crippen LogP contribution in [0.5, 0.6) is 0 Å². The third kappa shape index (κ3) is 4.52. The van der Waals surface area contributed by atoms with Gasteiger partial charge in [0.25, 0.3) is 0 Å². The lowest BCUT2D eigenvalue weighted by Crippen LogP contribution is -2.37. The number of hydrogen-bond donors (Lipinski definition) is 2. The molecule has 1 aromatic rings. The zero-order valence-electron chi connectivity index (χ0n) is 12.3. The summed E-state index contributed by atoms with van der Waals surface area (Å²) in [5, 5.41) is 12.5. The van der Waals surface area contributed by atoms with Crippen LogP contribution in [0.15, 0.2) is 12.1 Å². The molecule has 0 fully saturated rings. The van der Waals surface area contributed by atoms with Crippen LogP contribution in [0.2, 0.25) is 0 Å². The van der Waals surface area contributed by atoms with E-state index in [0.717, 1.165) is 12.2 Å². The number of hydrogen-bond acceptors (Lipinski definition) is 4. The Labute approximate surface area is 114 Å². The fourth-order valence-electron chi connectivity index (χ4n) is 1.83. The minimum Gasteiger partial charge on any atom is -0.478 e. The van der Waals surface area contributed by atoms with Gasteiger partial charge in [0.1, 0.15) is 11.4 Å². The predicted octanol–water partition coefficient (Wildman–Crippen LogP) is 2.09. The molecular formula is C14H23N3O2. The van der Waals surface area contributed by atoms with Gasteiger partial charge in [0.15, 0.2) is 0 Å². The number of likely N-dealkylation sites (N-methyl/N-ethyl adjacent to an activating group) is 1. The molecule has 1 rings (SSSR count). The quantitative estimate of drug-likeness (QED) is 0.824. The molecule has 0 aliphatic carbocycles. The lowest BCUT2D eigenvalue weighted by atomic mass is 10.0. The van der Waals surface area contributed by atoms with Gasteiger partial charge in [-0.15, -0.1) is 0 Å². The number of carboxylic acid groups (broad SMARTS) is 1. The van der Waals surface area contributed by atoms with Crippen LogP contribution in [0.25, 0.3) is 0 Å². The number of aryl methyl sites for hydroxylation is 1. The molecule has 0 bridgehead atoms. The first kappa shape index (κ1) is 15.4. The summed E-state index contributed by atoms with van der Waals surface area (Å²) in [6.45, 7) is 6.90. The van der Waals surface area contributed by atoms with E-state index in [1.54, 1.807) is 12.1 Å². The Morgan fingerprint density at radius 2 is 2.05 bits per heavy atom. The van der Waals surface area contributed by atoms with Gasteiger partial charge in [-0.3, -0.25) is 0 Å². The number of carboxylic acids is 1. The summed E-state index contributed by atoms with van der Waals surface area (Å²) in [4.78, 5) is 17.6. The van der Waals surface area contributed by atoms with E-state index in [4.69, 9.17) is 0 Å². The molecule has 0 aliphatic heterocycles. The number of rotatable bonds is 6. The maximum atomic E-state index is 11.2. The molecule has 1 unspecified atom stereocenters. The van der Waals surface area contributed by atoms with E-state index in [9.17, 15) is 9.90 Å². The third-order valence-electron chi connectivity index (χ3n) is 2.95. The molecule has 1 atom stereocenters. The molecule has 0 saturated carbocycles. The van der Waals surface area contributed by atoms with Gasteiger partial charge >= 0.3 is 5.97 Å². The minimum absolute atomic E-state index is 0.155. The van der Waals surface area contributed by atoms with E-state index < -0.39 is 5.97 Å². The molecule has 0 radical (unpaired) electrons. The van der Waals surface area contributed by atoms with Crippen LogP contribution in [0.1, 0.15) is 29.9 Å². The fraction of sp³-hybridized carbons (Fsp3) is 0.571. The Hall–Kier alpha value is -1.62. The van der Waals surface area contributed by atoms with Gasteiger partial charge in [-0.2, -0.15) is 0 Å². The average Bonchev–Trinajstić information content (AvgIpc) is 2.26. The average molecular weight is 265 g/mol. The molecule has 0 aliphatic rings. The number of aromatic carboxylic acids is 1. The number of nitrogens with zero attached hydrogens (tertiary/aromatic N) is 2. The summed E-state index contributed by atoms with van der Waals surface area (Å²) in [6.07, 6.45) is 0. The van der Waals surface area contributed by atoms with Crippen molar-refractivity contribution in [2.24, 2.45) is 5.92 Å². The van der Waals surface area contributed by atoms with Crippen LogP contribution in [-0.4, -0.2) is 47.6 Å². The third-order valence-corrected chi connectivity index (χ3v) is 2.95. The number of pyridine rings is 1. The molecule has 5 nitrogen and oxygen atoms in total. The van der Waals surface area contributed by atoms with Crippen molar-refractivity contribution in [3.63, 3.8) is 0 Å². The number of carbonyl (C=O) groups is 1. The van der Waals surface area contributed by atoms with Crippen molar-refractivity contribution < 1.29 is 9.90 Å². The van der Waals surface area contributed by atoms with Crippen LogP contribution >= 0.6 is 0 Å². The molecule has 0 spiro atoms. The van der Waals surface area contributed by atoms with Crippen molar-refractivity contribution in [3.8, 4) is 0 Å². The van der Waals surface area contributed by atoms with Gasteiger partial charge in [0.05, 0.1) is 0 Å². The fourth-order valence-corrected chi connectivity index (χ4v) is 1.83. The summed E-state index contributed by atoms with van der Waals surface area (Å²) >= 11 is 0. The maximum absolute atomic E-state index is 11.2. The monoisotopic (exact) mass is 265 g/mol. The van der Waals surface area contributed by atoms with Crippen molar-refractivity contribution in [1.82, 2.24) is 9.88 Å². The second-order valence-corrected chi connectivity index (χ2v) is 5.41. The number of aromatic nitrogens is 1. The van der Waals surface area contributed by atoms with Crippen molar-refractivity contribution in [2.45, 2.75) is 26.8 Å². The van der Waals surface area contributed by atoms with Crippen molar-refractivity contribution in [1.29, 1.82) is 0 Å². The highest BCUT2D eigenvalue weighted by Crippen LogP contribution is 2.17. The smallest absolute Gasteiger partial charge is 0.339 e. The molecule has 2 N–H and O–H groups in total. The SMILES string of the molecule is Cc1ccc(C(=O)O)c(NC(CN(C)C)C(C)C)n1. The molecule has 1 aromatic heterocycles. The Morgan fingerprint density at radius 1 is 1.42 bits per heavy atom. The van der Waals surface area contributed by atoms with Gasteiger partial charge in [0.2, 0.25) is 0 Å². The number of nitrogens with one attached hydrogen (secondary N) is 1. The summed E-state index contributed by atoms with van der Waals surface area (Å²) in [5.74, 6) is -0.123. The zero-order chi connectivity index (χ0) is 14.6. The predicted molar refractivity (Wildman–Crippen MR) is 76.7 cm³/mol. The lowest BCUT2D eigenvalue weighted by molar-refractivity contribution is 0.0697. The van der Waals surface area contributed by atoms with Crippen molar-refractivity contribution >= 4 is 11.8 Å². The Morgan fingerprint density at radius 3 is 2.53 bits per heavy atom. The molecule has 0 amide bonds. The zero-order valence-corrected chi connectivity index (χ0v) is 12.3. The minimum atomic E-state index is -0.956. The maximum Gasteiger partial charge on any atom is 0.339 e. The van der Waals surface area contributed by atoms with Crippen molar-refractivity contribution in [2.75, 3.05) is 26.0 Å². The molecule has 1 heterocycles. The summed E-state index contributed by atoms with van der Waals surface area (Å²) < 4.78 is 0. The Bertz CT molecular complexity index is 444. The highest BCUT2D eigenvalue weighted by atomic mass is 16.4.